The molecule has 94 valence electrons. The predicted molar refractivity (Wildman–Crippen MR) is 64.1 cm³/mol. The van der Waals surface area contributed by atoms with Crippen molar-refractivity contribution in [2.75, 3.05) is 0 Å². The minimum absolute atomic E-state index is 0.151. The van der Waals surface area contributed by atoms with E-state index in [2.05, 4.69) is 5.48 Å². The maximum atomic E-state index is 13.4. The second-order valence-corrected chi connectivity index (χ2v) is 5.02. The summed E-state index contributed by atoms with van der Waals surface area (Å²) in [4.78, 5) is 16.6. The lowest BCUT2D eigenvalue weighted by Crippen LogP contribution is -2.34. The van der Waals surface area contributed by atoms with Gasteiger partial charge in [-0.15, -0.1) is 0 Å². The van der Waals surface area contributed by atoms with E-state index in [4.69, 9.17) is 16.4 Å². The van der Waals surface area contributed by atoms with E-state index in [1.165, 1.54) is 18.2 Å². The Morgan fingerprint density at radius 3 is 2.65 bits per heavy atom. The Balaban J connectivity index is 2.63. The molecule has 0 unspecified atom stereocenters. The van der Waals surface area contributed by atoms with E-state index in [0.717, 1.165) is 0 Å². The van der Waals surface area contributed by atoms with Crippen LogP contribution in [0.2, 0.25) is 5.02 Å². The molecule has 0 spiro atoms. The van der Waals surface area contributed by atoms with Crippen LogP contribution in [-0.2, 0) is 16.1 Å². The largest absolute Gasteiger partial charge is 0.272 e. The van der Waals surface area contributed by atoms with E-state index >= 15 is 0 Å². The van der Waals surface area contributed by atoms with Gasteiger partial charge in [0, 0.05) is 10.6 Å². The molecule has 0 saturated carbocycles. The Kier molecular flexibility index (Phi) is 4.48. The van der Waals surface area contributed by atoms with Crippen molar-refractivity contribution in [2.24, 2.45) is 0 Å². The molecule has 0 bridgehead atoms. The van der Waals surface area contributed by atoms with Crippen LogP contribution in [0.3, 0.4) is 0 Å². The van der Waals surface area contributed by atoms with Crippen LogP contribution in [0.1, 0.15) is 26.3 Å². The van der Waals surface area contributed by atoms with Crippen LogP contribution in [0, 0.1) is 5.82 Å². The summed E-state index contributed by atoms with van der Waals surface area (Å²) >= 11 is 5.80. The van der Waals surface area contributed by atoms with Crippen molar-refractivity contribution < 1.29 is 14.0 Å². The first-order chi connectivity index (χ1) is 7.79. The van der Waals surface area contributed by atoms with Gasteiger partial charge in [0.1, 0.15) is 5.82 Å². The topological polar surface area (TPSA) is 38.3 Å². The van der Waals surface area contributed by atoms with Crippen molar-refractivity contribution in [3.05, 3.63) is 34.6 Å². The van der Waals surface area contributed by atoms with Gasteiger partial charge in [0.25, 0.3) is 0 Å². The van der Waals surface area contributed by atoms with Gasteiger partial charge in [-0.1, -0.05) is 17.7 Å². The fraction of sp³-hybridized carbons (Fsp3) is 0.417. The number of carbonyl (C=O) groups excluding carboxylic acids is 1. The Bertz CT molecular complexity index is 395. The van der Waals surface area contributed by atoms with E-state index in [1.807, 2.05) is 0 Å². The van der Waals surface area contributed by atoms with Gasteiger partial charge < -0.3 is 0 Å². The number of carbonyl (C=O) groups is 1. The third kappa shape index (κ3) is 4.71. The molecule has 0 aromatic heterocycles. The van der Waals surface area contributed by atoms with Crippen molar-refractivity contribution in [2.45, 2.75) is 32.8 Å². The number of amides is 1. The lowest BCUT2D eigenvalue weighted by Gasteiger charge is -2.19. The van der Waals surface area contributed by atoms with Crippen molar-refractivity contribution in [3.63, 3.8) is 0 Å². The first kappa shape index (κ1) is 13.9. The molecule has 0 aliphatic carbocycles. The van der Waals surface area contributed by atoms with E-state index < -0.39 is 17.3 Å². The first-order valence-corrected chi connectivity index (χ1v) is 5.57. The monoisotopic (exact) mass is 259 g/mol. The van der Waals surface area contributed by atoms with Crippen LogP contribution < -0.4 is 5.48 Å². The van der Waals surface area contributed by atoms with Crippen molar-refractivity contribution in [3.8, 4) is 0 Å². The standard InChI is InChI=1S/C12H15ClFNO2/c1-12(2,3)17-15-11(16)7-8-9(13)5-4-6-10(8)14/h4-6H,7H2,1-3H3,(H,15,16). The zero-order valence-corrected chi connectivity index (χ0v) is 10.8. The van der Waals surface area contributed by atoms with Gasteiger partial charge in [-0.3, -0.25) is 9.63 Å². The van der Waals surface area contributed by atoms with E-state index in [9.17, 15) is 9.18 Å². The van der Waals surface area contributed by atoms with Crippen molar-refractivity contribution in [1.29, 1.82) is 0 Å². The summed E-state index contributed by atoms with van der Waals surface area (Å²) in [6, 6.07) is 4.29. The second-order valence-electron chi connectivity index (χ2n) is 4.62. The van der Waals surface area contributed by atoms with Crippen LogP contribution in [0.15, 0.2) is 18.2 Å². The molecule has 0 radical (unpaired) electrons. The zero-order chi connectivity index (χ0) is 13.1. The van der Waals surface area contributed by atoms with Crippen LogP contribution >= 0.6 is 11.6 Å². The van der Waals surface area contributed by atoms with Crippen molar-refractivity contribution in [1.82, 2.24) is 5.48 Å². The smallest absolute Gasteiger partial charge is 0.248 e. The quantitative estimate of drug-likeness (QED) is 0.848. The highest BCUT2D eigenvalue weighted by Gasteiger charge is 2.15. The third-order valence-corrected chi connectivity index (χ3v) is 2.22. The Hall–Kier alpha value is -1.13. The number of hydrogen-bond donors (Lipinski definition) is 1. The van der Waals surface area contributed by atoms with Gasteiger partial charge in [-0.05, 0) is 32.9 Å². The molecule has 0 atom stereocenters. The average molecular weight is 260 g/mol. The summed E-state index contributed by atoms with van der Waals surface area (Å²) in [5.74, 6) is -0.935. The normalized spacial score (nSPS) is 11.4. The molecular weight excluding hydrogens is 245 g/mol. The highest BCUT2D eigenvalue weighted by Crippen LogP contribution is 2.19. The number of halogens is 2. The van der Waals surface area contributed by atoms with Gasteiger partial charge >= 0.3 is 0 Å². The summed E-state index contributed by atoms with van der Waals surface area (Å²) in [6.45, 7) is 5.38. The molecule has 0 saturated heterocycles. The molecule has 0 fully saturated rings. The molecule has 0 aliphatic heterocycles. The first-order valence-electron chi connectivity index (χ1n) is 5.19. The van der Waals surface area contributed by atoms with Gasteiger partial charge in [0.2, 0.25) is 5.91 Å². The van der Waals surface area contributed by atoms with E-state index in [1.54, 1.807) is 20.8 Å². The molecule has 1 amide bonds. The van der Waals surface area contributed by atoms with Gasteiger partial charge in [-0.2, -0.15) is 0 Å². The SMILES string of the molecule is CC(C)(C)ONC(=O)Cc1c(F)cccc1Cl. The second kappa shape index (κ2) is 5.47. The molecular formula is C12H15ClFNO2. The summed E-state index contributed by atoms with van der Waals surface area (Å²) in [5, 5.41) is 0.232. The van der Waals surface area contributed by atoms with Crippen LogP contribution in [0.25, 0.3) is 0 Å². The molecule has 0 heterocycles. The Morgan fingerprint density at radius 1 is 1.47 bits per heavy atom. The van der Waals surface area contributed by atoms with Crippen LogP contribution in [-0.4, -0.2) is 11.5 Å². The summed E-state index contributed by atoms with van der Waals surface area (Å²) in [6.07, 6.45) is -0.151. The molecule has 5 heteroatoms. The zero-order valence-electron chi connectivity index (χ0n) is 10.0. The van der Waals surface area contributed by atoms with Gasteiger partial charge in [0.15, 0.2) is 0 Å². The van der Waals surface area contributed by atoms with Crippen LogP contribution in [0.5, 0.6) is 0 Å². The van der Waals surface area contributed by atoms with E-state index in [0.29, 0.717) is 0 Å². The van der Waals surface area contributed by atoms with Crippen molar-refractivity contribution >= 4 is 17.5 Å². The summed E-state index contributed by atoms with van der Waals surface area (Å²) in [5.41, 5.74) is 1.94. The molecule has 3 nitrogen and oxygen atoms in total. The van der Waals surface area contributed by atoms with E-state index in [-0.39, 0.29) is 17.0 Å². The van der Waals surface area contributed by atoms with Gasteiger partial charge in [-0.25, -0.2) is 9.87 Å². The minimum atomic E-state index is -0.497. The highest BCUT2D eigenvalue weighted by atomic mass is 35.5. The lowest BCUT2D eigenvalue weighted by atomic mass is 10.1. The molecule has 1 aromatic rings. The molecule has 17 heavy (non-hydrogen) atoms. The fourth-order valence-corrected chi connectivity index (χ4v) is 1.34. The summed E-state index contributed by atoms with van der Waals surface area (Å²) < 4.78 is 13.4. The average Bonchev–Trinajstić information content (AvgIpc) is 2.20. The minimum Gasteiger partial charge on any atom is -0.272 e. The van der Waals surface area contributed by atoms with Crippen LogP contribution in [0.4, 0.5) is 4.39 Å². The highest BCUT2D eigenvalue weighted by molar-refractivity contribution is 6.31. The molecule has 1 N–H and O–H groups in total. The number of benzene rings is 1. The predicted octanol–water partition coefficient (Wildman–Crippen LogP) is 2.87. The number of hydroxylamine groups is 1. The summed E-state index contributed by atoms with van der Waals surface area (Å²) in [7, 11) is 0. The Labute approximate surface area is 105 Å². The maximum absolute atomic E-state index is 13.4. The van der Waals surface area contributed by atoms with Gasteiger partial charge in [0.05, 0.1) is 12.0 Å². The number of nitrogens with one attached hydrogen (secondary N) is 1. The fourth-order valence-electron chi connectivity index (χ4n) is 1.11. The lowest BCUT2D eigenvalue weighted by molar-refractivity contribution is -0.144. The maximum Gasteiger partial charge on any atom is 0.248 e. The molecule has 0 aliphatic rings. The number of hydrogen-bond acceptors (Lipinski definition) is 2. The molecule has 1 rings (SSSR count). The third-order valence-electron chi connectivity index (χ3n) is 1.87. The molecule has 1 aromatic carbocycles. The Morgan fingerprint density at radius 2 is 2.12 bits per heavy atom. The number of rotatable bonds is 3.